The number of piperidine rings is 1. The summed E-state index contributed by atoms with van der Waals surface area (Å²) in [5.41, 5.74) is 1.40. The van der Waals surface area contributed by atoms with Gasteiger partial charge < -0.3 is 10.2 Å². The molecule has 3 heterocycles. The molecule has 2 saturated heterocycles. The van der Waals surface area contributed by atoms with E-state index in [2.05, 4.69) is 5.32 Å². The van der Waals surface area contributed by atoms with Crippen LogP contribution in [0.4, 0.5) is 4.39 Å². The van der Waals surface area contributed by atoms with E-state index in [0.29, 0.717) is 5.41 Å². The SMILES string of the molecule is Cc1c(C(=O)N2CCC3(CCNC3)CC2)sc2cc(F)ccc12. The van der Waals surface area contributed by atoms with Gasteiger partial charge in [0.2, 0.25) is 0 Å². The summed E-state index contributed by atoms with van der Waals surface area (Å²) in [5, 5.41) is 4.45. The van der Waals surface area contributed by atoms with Crippen molar-refractivity contribution in [2.24, 2.45) is 5.41 Å². The van der Waals surface area contributed by atoms with E-state index in [4.69, 9.17) is 0 Å². The lowest BCUT2D eigenvalue weighted by atomic mass is 9.78. The second-order valence-corrected chi connectivity index (χ2v) is 7.97. The highest BCUT2D eigenvalue weighted by Gasteiger charge is 2.38. The van der Waals surface area contributed by atoms with E-state index in [-0.39, 0.29) is 11.7 Å². The molecule has 0 bridgehead atoms. The zero-order valence-corrected chi connectivity index (χ0v) is 14.1. The first-order chi connectivity index (χ1) is 11.1. The first-order valence-corrected chi connectivity index (χ1v) is 9.08. The molecule has 1 spiro atoms. The first-order valence-electron chi connectivity index (χ1n) is 8.27. The van der Waals surface area contributed by atoms with Crippen LogP contribution in [0.2, 0.25) is 0 Å². The van der Waals surface area contributed by atoms with E-state index >= 15 is 0 Å². The number of aryl methyl sites for hydroxylation is 1. The topological polar surface area (TPSA) is 32.3 Å². The summed E-state index contributed by atoms with van der Waals surface area (Å²) in [6.45, 7) is 5.84. The third-order valence-corrected chi connectivity index (χ3v) is 6.78. The maximum Gasteiger partial charge on any atom is 0.264 e. The second-order valence-electron chi connectivity index (χ2n) is 6.92. The van der Waals surface area contributed by atoms with Crippen molar-refractivity contribution in [1.29, 1.82) is 0 Å². The molecule has 0 aliphatic carbocycles. The minimum Gasteiger partial charge on any atom is -0.338 e. The Hall–Kier alpha value is -1.46. The van der Waals surface area contributed by atoms with Gasteiger partial charge in [0, 0.05) is 24.3 Å². The number of carbonyl (C=O) groups is 1. The number of hydrogen-bond donors (Lipinski definition) is 1. The van der Waals surface area contributed by atoms with Crippen molar-refractivity contribution in [2.45, 2.75) is 26.2 Å². The maximum atomic E-state index is 13.4. The van der Waals surface area contributed by atoms with Crippen LogP contribution >= 0.6 is 11.3 Å². The number of nitrogens with zero attached hydrogens (tertiary/aromatic N) is 1. The molecule has 1 aromatic carbocycles. The van der Waals surface area contributed by atoms with E-state index in [1.165, 1.54) is 29.9 Å². The summed E-state index contributed by atoms with van der Waals surface area (Å²) in [6.07, 6.45) is 3.41. The normalized spacial score (nSPS) is 20.5. The van der Waals surface area contributed by atoms with Crippen LogP contribution in [-0.4, -0.2) is 37.0 Å². The van der Waals surface area contributed by atoms with Crippen molar-refractivity contribution in [3.05, 3.63) is 34.5 Å². The summed E-state index contributed by atoms with van der Waals surface area (Å²) in [4.78, 5) is 15.7. The molecule has 0 unspecified atom stereocenters. The first kappa shape index (κ1) is 15.1. The highest BCUT2D eigenvalue weighted by molar-refractivity contribution is 7.21. The van der Waals surface area contributed by atoms with Crippen LogP contribution in [-0.2, 0) is 0 Å². The number of fused-ring (bicyclic) bond motifs is 1. The molecule has 2 fully saturated rings. The monoisotopic (exact) mass is 332 g/mol. The summed E-state index contributed by atoms with van der Waals surface area (Å²) in [6, 6.07) is 4.77. The fourth-order valence-corrected chi connectivity index (χ4v) is 5.16. The fourth-order valence-electron chi connectivity index (χ4n) is 3.95. The zero-order chi connectivity index (χ0) is 16.0. The van der Waals surface area contributed by atoms with Gasteiger partial charge in [-0.2, -0.15) is 0 Å². The number of nitrogens with one attached hydrogen (secondary N) is 1. The van der Waals surface area contributed by atoms with Gasteiger partial charge in [-0.25, -0.2) is 4.39 Å². The minimum atomic E-state index is -0.244. The molecule has 3 nitrogen and oxygen atoms in total. The third-order valence-electron chi connectivity index (χ3n) is 5.54. The molecular formula is C18H21FN2OS. The number of thiophene rings is 1. The third kappa shape index (κ3) is 2.56. The summed E-state index contributed by atoms with van der Waals surface area (Å²) >= 11 is 1.42. The molecule has 23 heavy (non-hydrogen) atoms. The van der Waals surface area contributed by atoms with Crippen molar-refractivity contribution in [2.75, 3.05) is 26.2 Å². The molecule has 2 aliphatic heterocycles. The zero-order valence-electron chi connectivity index (χ0n) is 13.3. The summed E-state index contributed by atoms with van der Waals surface area (Å²) < 4.78 is 14.3. The Kier molecular flexibility index (Phi) is 3.65. The molecular weight excluding hydrogens is 311 g/mol. The number of halogens is 1. The molecule has 2 aromatic rings. The standard InChI is InChI=1S/C18H21FN2OS/c1-12-14-3-2-13(19)10-15(14)23-16(12)17(22)21-8-5-18(6-9-21)4-7-20-11-18/h2-3,10,20H,4-9,11H2,1H3. The van der Waals surface area contributed by atoms with Gasteiger partial charge in [-0.3, -0.25) is 4.79 Å². The van der Waals surface area contributed by atoms with Crippen molar-refractivity contribution in [3.8, 4) is 0 Å². The minimum absolute atomic E-state index is 0.116. The van der Waals surface area contributed by atoms with E-state index in [0.717, 1.165) is 59.5 Å². The lowest BCUT2D eigenvalue weighted by Crippen LogP contribution is -2.43. The highest BCUT2D eigenvalue weighted by atomic mass is 32.1. The predicted molar refractivity (Wildman–Crippen MR) is 91.6 cm³/mol. The molecule has 122 valence electrons. The Bertz CT molecular complexity index is 754. The van der Waals surface area contributed by atoms with Crippen LogP contribution in [0, 0.1) is 18.2 Å². The molecule has 1 amide bonds. The van der Waals surface area contributed by atoms with Gasteiger partial charge in [0.1, 0.15) is 5.82 Å². The van der Waals surface area contributed by atoms with Crippen molar-refractivity contribution in [3.63, 3.8) is 0 Å². The Balaban J connectivity index is 1.56. The number of rotatable bonds is 1. The molecule has 0 atom stereocenters. The Morgan fingerprint density at radius 3 is 2.78 bits per heavy atom. The van der Waals surface area contributed by atoms with Gasteiger partial charge in [-0.15, -0.1) is 11.3 Å². The second kappa shape index (κ2) is 5.56. The average molecular weight is 332 g/mol. The number of carbonyl (C=O) groups excluding carboxylic acids is 1. The maximum absolute atomic E-state index is 13.4. The van der Waals surface area contributed by atoms with E-state index in [9.17, 15) is 9.18 Å². The largest absolute Gasteiger partial charge is 0.338 e. The quantitative estimate of drug-likeness (QED) is 0.866. The van der Waals surface area contributed by atoms with Gasteiger partial charge in [-0.05, 0) is 61.2 Å². The number of benzene rings is 1. The molecule has 0 saturated carbocycles. The molecule has 0 radical (unpaired) electrons. The van der Waals surface area contributed by atoms with Crippen molar-refractivity contribution < 1.29 is 9.18 Å². The van der Waals surface area contributed by atoms with Crippen LogP contribution in [0.5, 0.6) is 0 Å². The van der Waals surface area contributed by atoms with E-state index < -0.39 is 0 Å². The van der Waals surface area contributed by atoms with Gasteiger partial charge in [0.15, 0.2) is 0 Å². The lowest BCUT2D eigenvalue weighted by molar-refractivity contribution is 0.0612. The van der Waals surface area contributed by atoms with Crippen molar-refractivity contribution >= 4 is 27.3 Å². The fraction of sp³-hybridized carbons (Fsp3) is 0.500. The molecule has 5 heteroatoms. The average Bonchev–Trinajstić information content (AvgIpc) is 3.13. The van der Waals surface area contributed by atoms with Crippen LogP contribution in [0.25, 0.3) is 10.1 Å². The molecule has 1 aromatic heterocycles. The molecule has 4 rings (SSSR count). The predicted octanol–water partition coefficient (Wildman–Crippen LogP) is 3.56. The van der Waals surface area contributed by atoms with Gasteiger partial charge >= 0.3 is 0 Å². The number of hydrogen-bond acceptors (Lipinski definition) is 3. The number of likely N-dealkylation sites (tertiary alicyclic amines) is 1. The number of amides is 1. The smallest absolute Gasteiger partial charge is 0.264 e. The van der Waals surface area contributed by atoms with Crippen LogP contribution < -0.4 is 5.32 Å². The Morgan fingerprint density at radius 2 is 2.09 bits per heavy atom. The van der Waals surface area contributed by atoms with E-state index in [1.54, 1.807) is 6.07 Å². The van der Waals surface area contributed by atoms with E-state index in [1.807, 2.05) is 11.8 Å². The highest BCUT2D eigenvalue weighted by Crippen LogP contribution is 2.38. The summed E-state index contributed by atoms with van der Waals surface area (Å²) in [7, 11) is 0. The van der Waals surface area contributed by atoms with Crippen LogP contribution in [0.1, 0.15) is 34.5 Å². The Morgan fingerprint density at radius 1 is 1.30 bits per heavy atom. The van der Waals surface area contributed by atoms with Crippen molar-refractivity contribution in [1.82, 2.24) is 10.2 Å². The molecule has 1 N–H and O–H groups in total. The van der Waals surface area contributed by atoms with Gasteiger partial charge in [0.25, 0.3) is 5.91 Å². The van der Waals surface area contributed by atoms with Crippen LogP contribution in [0.15, 0.2) is 18.2 Å². The van der Waals surface area contributed by atoms with Gasteiger partial charge in [-0.1, -0.05) is 6.07 Å². The lowest BCUT2D eigenvalue weighted by Gasteiger charge is -2.38. The summed E-state index contributed by atoms with van der Waals surface area (Å²) in [5.74, 6) is -0.128. The Labute approximate surface area is 139 Å². The molecule has 2 aliphatic rings. The van der Waals surface area contributed by atoms with Crippen LogP contribution in [0.3, 0.4) is 0 Å². The van der Waals surface area contributed by atoms with Gasteiger partial charge in [0.05, 0.1) is 4.88 Å².